The molecule has 0 bridgehead atoms. The summed E-state index contributed by atoms with van der Waals surface area (Å²) in [4.78, 5) is 4.83. The van der Waals surface area contributed by atoms with E-state index >= 15 is 0 Å². The van der Waals surface area contributed by atoms with Gasteiger partial charge in [-0.15, -0.1) is 0 Å². The van der Waals surface area contributed by atoms with E-state index in [0.29, 0.717) is 22.2 Å². The summed E-state index contributed by atoms with van der Waals surface area (Å²) in [5.74, 6) is 0.372. The second-order valence-corrected chi connectivity index (χ2v) is 34.9. The lowest BCUT2D eigenvalue weighted by Crippen LogP contribution is -2.80. The van der Waals surface area contributed by atoms with Crippen molar-refractivity contribution in [1.82, 2.24) is 14.1 Å². The monoisotopic (exact) mass is 1400 g/mol. The van der Waals surface area contributed by atoms with E-state index in [1.165, 1.54) is 24.3 Å². The molecule has 0 atom stereocenters. The lowest BCUT2D eigenvalue weighted by atomic mass is 9.88. The number of benzene rings is 14. The van der Waals surface area contributed by atoms with Crippen LogP contribution in [0.15, 0.2) is 393 Å². The van der Waals surface area contributed by atoms with E-state index in [1.54, 1.807) is 24.4 Å². The summed E-state index contributed by atoms with van der Waals surface area (Å²) in [6.07, 6.45) is 4.85. The summed E-state index contributed by atoms with van der Waals surface area (Å²) >= 11 is 0. The van der Waals surface area contributed by atoms with Crippen molar-refractivity contribution in [3.8, 4) is 28.7 Å². The number of pyridine rings is 1. The largest absolute Gasteiger partial charge is 0.458 e. The maximum absolute atomic E-state index is 10.6. The Balaban J connectivity index is 1.22. The highest BCUT2D eigenvalue weighted by Gasteiger charge is 2.49. The van der Waals surface area contributed by atoms with E-state index in [-0.39, 0.29) is 17.2 Å². The minimum absolute atomic E-state index is 0.0723. The molecular formula is C94H74N4OSi3. The summed E-state index contributed by atoms with van der Waals surface area (Å²) < 4.78 is 457. The van der Waals surface area contributed by atoms with Crippen molar-refractivity contribution < 1.29 is 71.0 Å². The average Bonchev–Trinajstić information content (AvgIpc) is 1.50. The fourth-order valence-corrected chi connectivity index (χ4v) is 25.4. The number of hydrogen-bond donors (Lipinski definition) is 0. The van der Waals surface area contributed by atoms with E-state index in [2.05, 4.69) is 6.33 Å². The second-order valence-electron chi connectivity index (χ2n) is 24.2. The highest BCUT2D eigenvalue weighted by molar-refractivity contribution is 7.23. The Morgan fingerprint density at radius 1 is 0.363 bits per heavy atom. The fraction of sp³-hybridized carbons (Fsp3) is 0.0426. The molecule has 3 heterocycles. The molecule has 0 amide bonds. The van der Waals surface area contributed by atoms with Crippen molar-refractivity contribution >= 4 is 119 Å². The lowest BCUT2D eigenvalue weighted by molar-refractivity contribution is -0.570. The molecule has 0 unspecified atom stereocenters. The van der Waals surface area contributed by atoms with Crippen molar-refractivity contribution in [2.24, 2.45) is 0 Å². The maximum atomic E-state index is 10.6. The molecule has 0 radical (unpaired) electrons. The molecule has 0 saturated carbocycles. The number of hydrogen-bond acceptors (Lipinski definition) is 2. The molecule has 17 aromatic rings. The Hall–Kier alpha value is -12.0. The minimum atomic E-state index is -7.19. The van der Waals surface area contributed by atoms with E-state index in [1.807, 2.05) is 61.7 Å². The van der Waals surface area contributed by atoms with Crippen molar-refractivity contribution in [1.29, 1.82) is 0 Å². The molecular weight excluding hydrogens is 1290 g/mol. The van der Waals surface area contributed by atoms with E-state index in [4.69, 9.17) is 13.8 Å². The zero-order valence-electron chi connectivity index (χ0n) is 98.7. The standard InChI is InChI=1S/C94H74N4OSi3/c1-94(2,3)70-63-64-95-92(65-70)98-86-56-32-31-55-84(86)85-61-59-73(67-88(85)98)99-72-36-33-35-71(66-72)96-69-97(87-62-60-83(68-89(87)96)100(74-37-13-4-14-38-74,75-39-15-5-16-40-75)76-41-17-6-18-42-76)93-90(101(77-43-19-7-20-44-77,78-45-21-8-22-46-78)79-47-23-9-24-48-79)57-34-58-91(93)102(80-49-25-10-26-50-80,81-51-27-11-28-52-81)82-53-29-12-30-54-82/h4-68H,1-3H3/i4D,5D,6D,7D,8D,9D,10D,11D,12D,13D,14D,15D,16D,17D,18D,19D,20D,21D,22D,23D,24D,25D,26D,27D,28D,29D,30D,37D,38D,39D,40D,41D,42D,43D,44D,45D,46D,47D,48D,49D,50D,51D,52D,53D,54D. The molecule has 3 aromatic heterocycles. The molecule has 0 aliphatic rings. The summed E-state index contributed by atoms with van der Waals surface area (Å²) in [6.45, 7) is 6.05. The zero-order chi connectivity index (χ0) is 108. The predicted octanol–water partition coefficient (Wildman–Crippen LogP) is 13.4. The SMILES string of the molecule is [2H]c1c([2H])c([2H])c([Si](c2ccc3c(c2)n(-c2cccc(Oc4ccc5c6ccccc6n(-c6cc(C(C)(C)C)ccn6)c5c4)c2)[c-][n+]3-c2c([Si](c3c([2H])c([2H])c([2H])c([2H])c3[2H])(c3c([2H])c([2H])c([2H])c([2H])c3[2H])c3c([2H])c([2H])c([2H])c([2H])c3[2H])cccc2[Si](c2c([2H])c([2H])c([2H])c([2H])c2[2H])(c2c([2H])c([2H])c([2H])c([2H])c2[2H])c2c([2H])c([2H])c([2H])c([2H])c2[2H])(c2c([2H])c([2H])c([2H])c([2H])c2[2H])c2c([2H])c([2H])c([2H])c([2H])c2[2H])c([2H])c1[2H]. The molecule has 5 nitrogen and oxygen atoms in total. The lowest BCUT2D eigenvalue weighted by Gasteiger charge is -2.40. The number of nitrogens with zero attached hydrogens (tertiary/aromatic N) is 4. The summed E-state index contributed by atoms with van der Waals surface area (Å²) in [5, 5.41) is -12.8. The van der Waals surface area contributed by atoms with Gasteiger partial charge in [0.15, 0.2) is 24.2 Å². The number of rotatable bonds is 17. The van der Waals surface area contributed by atoms with Gasteiger partial charge in [0.2, 0.25) is 0 Å². The van der Waals surface area contributed by atoms with Crippen LogP contribution in [-0.4, -0.2) is 38.3 Å². The predicted molar refractivity (Wildman–Crippen MR) is 432 cm³/mol. The van der Waals surface area contributed by atoms with Gasteiger partial charge >= 0.3 is 0 Å². The van der Waals surface area contributed by atoms with Crippen LogP contribution >= 0.6 is 0 Å². The Kier molecular flexibility index (Phi) is 8.13. The smallest absolute Gasteiger partial charge is 0.269 e. The van der Waals surface area contributed by atoms with Crippen molar-refractivity contribution in [2.75, 3.05) is 0 Å². The van der Waals surface area contributed by atoms with Gasteiger partial charge < -0.3 is 4.74 Å². The normalized spacial score (nSPS) is 18.2. The van der Waals surface area contributed by atoms with Gasteiger partial charge in [0, 0.05) is 23.0 Å². The molecule has 0 fully saturated rings. The summed E-state index contributed by atoms with van der Waals surface area (Å²) in [6, 6.07) is -33.5. The third-order valence-corrected chi connectivity index (χ3v) is 30.4. The van der Waals surface area contributed by atoms with Gasteiger partial charge in [-0.05, 0) is 122 Å². The molecule has 17 rings (SSSR count). The first-order valence-electron chi connectivity index (χ1n) is 54.0. The Morgan fingerprint density at radius 2 is 0.775 bits per heavy atom. The molecule has 0 saturated heterocycles. The third kappa shape index (κ3) is 10.7. The molecule has 102 heavy (non-hydrogen) atoms. The first-order valence-corrected chi connectivity index (χ1v) is 37.5. The van der Waals surface area contributed by atoms with Crippen molar-refractivity contribution in [2.45, 2.75) is 26.2 Å². The van der Waals surface area contributed by atoms with Crippen LogP contribution in [-0.2, 0) is 5.41 Å². The van der Waals surface area contributed by atoms with Crippen molar-refractivity contribution in [3.05, 3.63) is 405 Å². The number of ether oxygens (including phenoxy) is 1. The van der Waals surface area contributed by atoms with Gasteiger partial charge in [0.05, 0.1) is 95.1 Å². The van der Waals surface area contributed by atoms with Gasteiger partial charge in [-0.3, -0.25) is 13.7 Å². The van der Waals surface area contributed by atoms with Crippen molar-refractivity contribution in [3.63, 3.8) is 0 Å². The van der Waals surface area contributed by atoms with Crippen LogP contribution in [0.4, 0.5) is 0 Å². The maximum Gasteiger partial charge on any atom is 0.269 e. The van der Waals surface area contributed by atoms with Crippen LogP contribution in [0.5, 0.6) is 11.5 Å². The summed E-state index contributed by atoms with van der Waals surface area (Å²) in [5.41, 5.74) is -1.20. The van der Waals surface area contributed by atoms with Gasteiger partial charge in [-0.1, -0.05) is 353 Å². The second kappa shape index (κ2) is 26.6. The molecule has 14 aromatic carbocycles. The molecule has 8 heteroatoms. The molecule has 0 N–H and O–H groups in total. The van der Waals surface area contributed by atoms with Gasteiger partial charge in [0.1, 0.15) is 17.3 Å². The minimum Gasteiger partial charge on any atom is -0.458 e. The first-order chi connectivity index (χ1) is 68.9. The van der Waals surface area contributed by atoms with Gasteiger partial charge in [0.25, 0.3) is 6.33 Å². The van der Waals surface area contributed by atoms with Crippen LogP contribution in [0.3, 0.4) is 0 Å². The van der Waals surface area contributed by atoms with Gasteiger partial charge in [-0.2, -0.15) is 0 Å². The van der Waals surface area contributed by atoms with Crippen LogP contribution in [0.25, 0.3) is 50.0 Å². The third-order valence-electron chi connectivity index (χ3n) is 17.8. The Morgan fingerprint density at radius 3 is 1.23 bits per heavy atom. The topological polar surface area (TPSA) is 35.9 Å². The van der Waals surface area contributed by atoms with E-state index in [9.17, 15) is 57.6 Å². The Bertz CT molecular complexity index is 7740. The van der Waals surface area contributed by atoms with Crippen LogP contribution < -0.4 is 71.5 Å². The Labute approximate surface area is 663 Å². The van der Waals surface area contributed by atoms with Crippen LogP contribution in [0.2, 0.25) is 0 Å². The number of para-hydroxylation sites is 2. The molecule has 0 spiro atoms. The van der Waals surface area contributed by atoms with Gasteiger partial charge in [-0.25, -0.2) is 4.98 Å². The molecule has 0 aliphatic carbocycles. The fourth-order valence-electron chi connectivity index (χ4n) is 13.5. The summed E-state index contributed by atoms with van der Waals surface area (Å²) in [7, 11) is -20.9. The van der Waals surface area contributed by atoms with Crippen LogP contribution in [0, 0.1) is 6.33 Å². The number of aromatic nitrogens is 4. The molecule has 0 aliphatic heterocycles. The highest BCUT2D eigenvalue weighted by Crippen LogP contribution is 2.37. The highest BCUT2D eigenvalue weighted by atomic mass is 28.3. The number of fused-ring (bicyclic) bond motifs is 4. The van der Waals surface area contributed by atoms with E-state index < -0.39 is 381 Å². The number of imidazole rings is 1. The average molecular weight is 1410 g/mol. The molecule has 488 valence electrons. The van der Waals surface area contributed by atoms with Crippen LogP contribution in [0.1, 0.15) is 88.0 Å². The quantitative estimate of drug-likeness (QED) is 0.0394. The van der Waals surface area contributed by atoms with E-state index in [0.717, 1.165) is 56.5 Å². The first kappa shape index (κ1) is 31.2. The zero-order valence-corrected chi connectivity index (χ0v) is 56.7.